The summed E-state index contributed by atoms with van der Waals surface area (Å²) in [5.74, 6) is -0.351. The van der Waals surface area contributed by atoms with Crippen LogP contribution in [0.25, 0.3) is 0 Å². The smallest absolute Gasteiger partial charge is 0.150 e. The van der Waals surface area contributed by atoms with Crippen LogP contribution in [0.1, 0.15) is 41.0 Å². The van der Waals surface area contributed by atoms with E-state index in [-0.39, 0.29) is 10.7 Å². The van der Waals surface area contributed by atoms with Crippen LogP contribution in [0, 0.1) is 5.92 Å². The van der Waals surface area contributed by atoms with Crippen LogP contribution in [-0.2, 0) is 0 Å². The Balaban J connectivity index is 6.31. The maximum atomic E-state index is 14.3. The molecule has 0 unspecified atom stereocenters. The quantitative estimate of drug-likeness (QED) is 0.403. The third kappa shape index (κ3) is 7.44. The molecule has 0 aliphatic heterocycles. The van der Waals surface area contributed by atoms with Gasteiger partial charge in [-0.15, -0.1) is 4.48 Å². The minimum Gasteiger partial charge on any atom is -0.361 e. The van der Waals surface area contributed by atoms with Crippen LogP contribution < -0.4 is 5.32 Å². The lowest BCUT2D eigenvalue weighted by Crippen LogP contribution is -2.14. The summed E-state index contributed by atoms with van der Waals surface area (Å²) in [7, 11) is 1.13. The Morgan fingerprint density at radius 3 is 2.25 bits per heavy atom. The average Bonchev–Trinajstić information content (AvgIpc) is 2.50. The summed E-state index contributed by atoms with van der Waals surface area (Å²) in [6.45, 7) is 13.8. The number of nitrogens with one attached hydrogen (secondary N) is 1. The predicted molar refractivity (Wildman–Crippen MR) is 100 cm³/mol. The summed E-state index contributed by atoms with van der Waals surface area (Å²) in [5.41, 5.74) is 2.61. The Labute approximate surface area is 145 Å². The van der Waals surface area contributed by atoms with E-state index in [0.29, 0.717) is 11.6 Å². The monoisotopic (exact) mass is 336 g/mol. The van der Waals surface area contributed by atoms with E-state index in [1.807, 2.05) is 45.1 Å². The van der Waals surface area contributed by atoms with Gasteiger partial charge in [-0.25, -0.2) is 9.51 Å². The van der Waals surface area contributed by atoms with Gasteiger partial charge in [0.15, 0.2) is 0 Å². The van der Waals surface area contributed by atoms with E-state index in [2.05, 4.69) is 25.7 Å². The van der Waals surface area contributed by atoms with E-state index in [1.165, 1.54) is 0 Å². The van der Waals surface area contributed by atoms with Crippen molar-refractivity contribution in [3.63, 3.8) is 0 Å². The average molecular weight is 336 g/mol. The third-order valence-corrected chi connectivity index (χ3v) is 3.20. The van der Waals surface area contributed by atoms with Gasteiger partial charge in [-0.2, -0.15) is 0 Å². The Hall–Kier alpha value is -2.10. The summed E-state index contributed by atoms with van der Waals surface area (Å²) in [4.78, 5) is 0. The van der Waals surface area contributed by atoms with Crippen LogP contribution in [0.3, 0.4) is 0 Å². The molecule has 0 heterocycles. The lowest BCUT2D eigenvalue weighted by molar-refractivity contribution is 0.125. The van der Waals surface area contributed by atoms with Crippen molar-refractivity contribution in [1.82, 2.24) is 10.4 Å². The van der Waals surface area contributed by atoms with Crippen LogP contribution in [0.5, 0.6) is 0 Å². The van der Waals surface area contributed by atoms with Crippen LogP contribution >= 0.6 is 0 Å². The summed E-state index contributed by atoms with van der Waals surface area (Å²) in [6, 6.07) is 0. The van der Waals surface area contributed by atoms with Crippen LogP contribution in [0.15, 0.2) is 71.5 Å². The first-order valence-corrected chi connectivity index (χ1v) is 8.14. The van der Waals surface area contributed by atoms with Crippen LogP contribution in [0.4, 0.5) is 8.87 Å². The van der Waals surface area contributed by atoms with Crippen molar-refractivity contribution < 1.29 is 8.87 Å². The number of nitrogens with zero attached hydrogens (tertiary/aromatic N) is 1. The van der Waals surface area contributed by atoms with Crippen molar-refractivity contribution in [2.75, 3.05) is 7.05 Å². The van der Waals surface area contributed by atoms with Crippen molar-refractivity contribution in [3.05, 3.63) is 71.5 Å². The molecule has 0 aliphatic rings. The van der Waals surface area contributed by atoms with Crippen molar-refractivity contribution in [3.8, 4) is 0 Å². The maximum absolute atomic E-state index is 14.3. The zero-order valence-corrected chi connectivity index (χ0v) is 15.7. The molecule has 0 aromatic rings. The number of hydrogen-bond acceptors (Lipinski definition) is 2. The molecular formula is C20H30F2N2. The largest absolute Gasteiger partial charge is 0.361 e. The molecule has 0 fully saturated rings. The van der Waals surface area contributed by atoms with Crippen molar-refractivity contribution in [1.29, 1.82) is 0 Å². The molecule has 0 aliphatic carbocycles. The highest BCUT2D eigenvalue weighted by atomic mass is 19.2. The third-order valence-electron chi connectivity index (χ3n) is 3.20. The van der Waals surface area contributed by atoms with Crippen molar-refractivity contribution >= 4 is 0 Å². The van der Waals surface area contributed by atoms with Gasteiger partial charge in [0.05, 0.1) is 11.9 Å². The zero-order valence-electron chi connectivity index (χ0n) is 15.7. The molecule has 0 aromatic heterocycles. The van der Waals surface area contributed by atoms with E-state index >= 15 is 0 Å². The fraction of sp³-hybridized carbons (Fsp3) is 0.400. The second-order valence-electron chi connectivity index (χ2n) is 5.82. The van der Waals surface area contributed by atoms with Crippen LogP contribution in [-0.4, -0.2) is 12.2 Å². The lowest BCUT2D eigenvalue weighted by Gasteiger charge is -2.20. The molecule has 0 spiro atoms. The molecule has 24 heavy (non-hydrogen) atoms. The number of rotatable bonds is 9. The number of allylic oxidation sites excluding steroid dienone is 7. The van der Waals surface area contributed by atoms with Gasteiger partial charge in [0, 0.05) is 12.6 Å². The Morgan fingerprint density at radius 2 is 1.83 bits per heavy atom. The van der Waals surface area contributed by atoms with E-state index in [9.17, 15) is 8.87 Å². The summed E-state index contributed by atoms with van der Waals surface area (Å²) in [5, 5.41) is 3.28. The fourth-order valence-corrected chi connectivity index (χ4v) is 2.20. The first-order chi connectivity index (χ1) is 11.3. The SMILES string of the molecule is C=C(/C(F)=C\N(C)F)\C(N/C=C/C)=C(CC(C)C)/C(/C=C\C)=C/C. The zero-order chi connectivity index (χ0) is 18.7. The van der Waals surface area contributed by atoms with Gasteiger partial charge in [0.2, 0.25) is 0 Å². The molecule has 0 bridgehead atoms. The summed E-state index contributed by atoms with van der Waals surface area (Å²) in [6.07, 6.45) is 10.9. The molecule has 2 nitrogen and oxygen atoms in total. The highest BCUT2D eigenvalue weighted by molar-refractivity contribution is 5.52. The molecule has 1 N–H and O–H groups in total. The second-order valence-corrected chi connectivity index (χ2v) is 5.82. The van der Waals surface area contributed by atoms with Gasteiger partial charge < -0.3 is 5.32 Å². The first-order valence-electron chi connectivity index (χ1n) is 8.14. The Bertz CT molecular complexity index is 562. The van der Waals surface area contributed by atoms with E-state index in [1.54, 1.807) is 6.20 Å². The molecule has 0 aromatic carbocycles. The fourth-order valence-electron chi connectivity index (χ4n) is 2.20. The van der Waals surface area contributed by atoms with Gasteiger partial charge in [-0.05, 0) is 50.5 Å². The Kier molecular flexibility index (Phi) is 10.4. The minimum atomic E-state index is -0.718. The van der Waals surface area contributed by atoms with Crippen molar-refractivity contribution in [2.24, 2.45) is 5.92 Å². The molecule has 134 valence electrons. The lowest BCUT2D eigenvalue weighted by atomic mass is 9.91. The van der Waals surface area contributed by atoms with E-state index in [0.717, 1.165) is 30.8 Å². The first kappa shape index (κ1) is 21.9. The van der Waals surface area contributed by atoms with E-state index < -0.39 is 5.83 Å². The highest BCUT2D eigenvalue weighted by Gasteiger charge is 2.17. The van der Waals surface area contributed by atoms with Gasteiger partial charge in [-0.1, -0.05) is 44.7 Å². The van der Waals surface area contributed by atoms with Gasteiger partial charge in [0.1, 0.15) is 5.83 Å². The molecule has 0 saturated heterocycles. The van der Waals surface area contributed by atoms with Gasteiger partial charge in [0.25, 0.3) is 0 Å². The van der Waals surface area contributed by atoms with Gasteiger partial charge >= 0.3 is 0 Å². The molecule has 4 heteroatoms. The second kappa shape index (κ2) is 11.4. The Morgan fingerprint density at radius 1 is 1.21 bits per heavy atom. The molecular weight excluding hydrogens is 306 g/mol. The molecule has 0 radical (unpaired) electrons. The highest BCUT2D eigenvalue weighted by Crippen LogP contribution is 2.29. The molecule has 0 saturated carbocycles. The van der Waals surface area contributed by atoms with Gasteiger partial charge in [-0.3, -0.25) is 0 Å². The minimum absolute atomic E-state index is 0.122. The maximum Gasteiger partial charge on any atom is 0.150 e. The molecule has 0 amide bonds. The molecule has 0 rings (SSSR count). The topological polar surface area (TPSA) is 15.3 Å². The molecule has 0 atom stereocenters. The standard InChI is InChI=1S/C20H30F2N2/c1-8-11-17(10-3)18(13-15(4)5)20(23-12-9-2)16(6)19(21)14-24(7)22/h8-12,14-15,23H,6,13H2,1-5,7H3/b11-8-,12-9+,17-10+,19-14+,20-18+. The van der Waals surface area contributed by atoms with Crippen LogP contribution in [0.2, 0.25) is 0 Å². The van der Waals surface area contributed by atoms with Crippen molar-refractivity contribution in [2.45, 2.75) is 41.0 Å². The number of hydrogen-bond donors (Lipinski definition) is 1. The summed E-state index contributed by atoms with van der Waals surface area (Å²) < 4.78 is 27.3. The van der Waals surface area contributed by atoms with E-state index in [4.69, 9.17) is 0 Å². The normalized spacial score (nSPS) is 14.5. The number of halogens is 2. The summed E-state index contributed by atoms with van der Waals surface area (Å²) >= 11 is 0. The predicted octanol–water partition coefficient (Wildman–Crippen LogP) is 6.12.